The van der Waals surface area contributed by atoms with Gasteiger partial charge in [-0.2, -0.15) is 0 Å². The van der Waals surface area contributed by atoms with Gasteiger partial charge in [-0.25, -0.2) is 8.42 Å². The van der Waals surface area contributed by atoms with Crippen LogP contribution in [-0.2, 0) is 19.6 Å². The first-order chi connectivity index (χ1) is 11.9. The summed E-state index contributed by atoms with van der Waals surface area (Å²) in [4.78, 5) is 14.2. The van der Waals surface area contributed by atoms with Gasteiger partial charge in [0.05, 0.1) is 25.2 Å². The number of amides is 1. The molecule has 1 aliphatic rings. The normalized spacial score (nSPS) is 15.8. The minimum absolute atomic E-state index is 0.0872. The van der Waals surface area contributed by atoms with E-state index in [0.29, 0.717) is 17.3 Å². The molecule has 1 aliphatic heterocycles. The van der Waals surface area contributed by atoms with Gasteiger partial charge in [0.1, 0.15) is 0 Å². The molecule has 1 amide bonds. The maximum absolute atomic E-state index is 12.0. The van der Waals surface area contributed by atoms with Crippen LogP contribution in [0.15, 0.2) is 24.3 Å². The summed E-state index contributed by atoms with van der Waals surface area (Å²) in [7, 11) is -3.48. The largest absolute Gasteiger partial charge is 0.379 e. The zero-order valence-corrected chi connectivity index (χ0v) is 15.9. The van der Waals surface area contributed by atoms with Crippen molar-refractivity contribution in [3.05, 3.63) is 29.3 Å². The van der Waals surface area contributed by atoms with Crippen molar-refractivity contribution in [2.45, 2.75) is 6.42 Å². The second-order valence-electron chi connectivity index (χ2n) is 5.87. The number of anilines is 1. The molecule has 25 heavy (non-hydrogen) atoms. The van der Waals surface area contributed by atoms with Gasteiger partial charge in [0.15, 0.2) is 0 Å². The van der Waals surface area contributed by atoms with E-state index in [9.17, 15) is 13.2 Å². The van der Waals surface area contributed by atoms with Gasteiger partial charge in [-0.05, 0) is 24.3 Å². The second-order valence-corrected chi connectivity index (χ2v) is 8.21. The van der Waals surface area contributed by atoms with E-state index < -0.39 is 10.0 Å². The van der Waals surface area contributed by atoms with E-state index in [2.05, 4.69) is 10.2 Å². The lowest BCUT2D eigenvalue weighted by Crippen LogP contribution is -2.42. The minimum atomic E-state index is -3.48. The topological polar surface area (TPSA) is 79.0 Å². The lowest BCUT2D eigenvalue weighted by atomic mass is 10.3. The lowest BCUT2D eigenvalue weighted by molar-refractivity contribution is -0.120. The Morgan fingerprint density at radius 2 is 1.92 bits per heavy atom. The molecule has 0 unspecified atom stereocenters. The van der Waals surface area contributed by atoms with Gasteiger partial charge in [-0.15, -0.1) is 0 Å². The Hall–Kier alpha value is -1.35. The number of sulfonamides is 1. The highest BCUT2D eigenvalue weighted by Gasteiger charge is 2.18. The third kappa shape index (κ3) is 6.81. The maximum atomic E-state index is 12.0. The van der Waals surface area contributed by atoms with Crippen molar-refractivity contribution < 1.29 is 17.9 Å². The number of benzene rings is 1. The first-order valence-electron chi connectivity index (χ1n) is 8.16. The number of carbonyl (C=O) groups excluding carboxylic acids is 1. The van der Waals surface area contributed by atoms with Crippen LogP contribution in [0.4, 0.5) is 5.69 Å². The summed E-state index contributed by atoms with van der Waals surface area (Å²) in [6.45, 7) is 4.57. The molecule has 7 nitrogen and oxygen atoms in total. The molecule has 0 saturated carbocycles. The van der Waals surface area contributed by atoms with Crippen molar-refractivity contribution in [2.75, 3.05) is 56.5 Å². The molecule has 0 aromatic heterocycles. The molecule has 0 aliphatic carbocycles. The fraction of sp³-hybridized carbons (Fsp3) is 0.562. The standard InChI is InChI=1S/C16H24ClN3O4S/c1-25(22,23)20(15-4-2-14(17)3-5-15)8-6-16(21)18-7-9-19-10-12-24-13-11-19/h2-5H,6-13H2,1H3,(H,18,21). The Bertz CT molecular complexity index is 660. The van der Waals surface area contributed by atoms with E-state index in [4.69, 9.17) is 16.3 Å². The number of hydrogen-bond acceptors (Lipinski definition) is 5. The van der Waals surface area contributed by atoms with Crippen LogP contribution in [0.25, 0.3) is 0 Å². The van der Waals surface area contributed by atoms with E-state index in [1.165, 1.54) is 4.31 Å². The second kappa shape index (κ2) is 9.38. The fourth-order valence-electron chi connectivity index (χ4n) is 2.56. The Morgan fingerprint density at radius 3 is 2.52 bits per heavy atom. The quantitative estimate of drug-likeness (QED) is 0.716. The zero-order valence-electron chi connectivity index (χ0n) is 14.3. The van der Waals surface area contributed by atoms with E-state index >= 15 is 0 Å². The van der Waals surface area contributed by atoms with Gasteiger partial charge < -0.3 is 10.1 Å². The van der Waals surface area contributed by atoms with Crippen LogP contribution < -0.4 is 9.62 Å². The fourth-order valence-corrected chi connectivity index (χ4v) is 3.62. The number of ether oxygens (including phenoxy) is 1. The van der Waals surface area contributed by atoms with Crippen LogP contribution in [0.2, 0.25) is 5.02 Å². The SMILES string of the molecule is CS(=O)(=O)N(CCC(=O)NCCN1CCOCC1)c1ccc(Cl)cc1. The van der Waals surface area contributed by atoms with Crippen molar-refractivity contribution in [3.63, 3.8) is 0 Å². The summed E-state index contributed by atoms with van der Waals surface area (Å²) < 4.78 is 30.5. The molecule has 2 rings (SSSR count). The van der Waals surface area contributed by atoms with Crippen LogP contribution in [0, 0.1) is 0 Å². The molecule has 0 spiro atoms. The van der Waals surface area contributed by atoms with E-state index in [1.54, 1.807) is 24.3 Å². The minimum Gasteiger partial charge on any atom is -0.379 e. The monoisotopic (exact) mass is 389 g/mol. The molecular formula is C16H24ClN3O4S. The Morgan fingerprint density at radius 1 is 1.28 bits per heavy atom. The van der Waals surface area contributed by atoms with Crippen LogP contribution in [-0.4, -0.2) is 71.4 Å². The predicted octanol–water partition coefficient (Wildman–Crippen LogP) is 0.945. The van der Waals surface area contributed by atoms with Crippen molar-refractivity contribution in [2.24, 2.45) is 0 Å². The van der Waals surface area contributed by atoms with Crippen molar-refractivity contribution in [1.29, 1.82) is 0 Å². The number of hydrogen-bond donors (Lipinski definition) is 1. The van der Waals surface area contributed by atoms with Gasteiger partial charge >= 0.3 is 0 Å². The molecule has 1 N–H and O–H groups in total. The lowest BCUT2D eigenvalue weighted by Gasteiger charge is -2.26. The summed E-state index contributed by atoms with van der Waals surface area (Å²) in [5, 5.41) is 3.36. The molecule has 1 fully saturated rings. The molecular weight excluding hydrogens is 366 g/mol. The number of nitrogens with one attached hydrogen (secondary N) is 1. The number of halogens is 1. The molecule has 0 atom stereocenters. The van der Waals surface area contributed by atoms with E-state index in [-0.39, 0.29) is 18.9 Å². The Balaban J connectivity index is 1.81. The Kier molecular flexibility index (Phi) is 7.49. The first kappa shape index (κ1) is 20.0. The number of carbonyl (C=O) groups is 1. The van der Waals surface area contributed by atoms with Gasteiger partial charge in [-0.1, -0.05) is 11.6 Å². The summed E-state index contributed by atoms with van der Waals surface area (Å²) in [6.07, 6.45) is 1.22. The average Bonchev–Trinajstić information content (AvgIpc) is 2.56. The first-order valence-corrected chi connectivity index (χ1v) is 10.4. The molecule has 1 aromatic carbocycles. The van der Waals surface area contributed by atoms with E-state index in [0.717, 1.165) is 39.1 Å². The molecule has 9 heteroatoms. The maximum Gasteiger partial charge on any atom is 0.232 e. The number of rotatable bonds is 8. The summed E-state index contributed by atoms with van der Waals surface area (Å²) >= 11 is 5.84. The molecule has 1 heterocycles. The molecule has 0 bridgehead atoms. The highest BCUT2D eigenvalue weighted by molar-refractivity contribution is 7.92. The predicted molar refractivity (Wildman–Crippen MR) is 98.5 cm³/mol. The van der Waals surface area contributed by atoms with E-state index in [1.807, 2.05) is 0 Å². The third-order valence-corrected chi connectivity index (χ3v) is 5.36. The van der Waals surface area contributed by atoms with Gasteiger partial charge in [0.25, 0.3) is 0 Å². The highest BCUT2D eigenvalue weighted by atomic mass is 35.5. The summed E-state index contributed by atoms with van der Waals surface area (Å²) in [5.41, 5.74) is 0.494. The van der Waals surface area contributed by atoms with Crippen molar-refractivity contribution in [3.8, 4) is 0 Å². The summed E-state index contributed by atoms with van der Waals surface area (Å²) in [6, 6.07) is 6.49. The van der Waals surface area contributed by atoms with Gasteiger partial charge in [0, 0.05) is 44.2 Å². The molecule has 0 radical (unpaired) electrons. The van der Waals surface area contributed by atoms with Crippen LogP contribution in [0.5, 0.6) is 0 Å². The third-order valence-electron chi connectivity index (χ3n) is 3.91. The van der Waals surface area contributed by atoms with Crippen LogP contribution in [0.1, 0.15) is 6.42 Å². The smallest absolute Gasteiger partial charge is 0.232 e. The molecule has 1 aromatic rings. The Labute approximate surface area is 153 Å². The highest BCUT2D eigenvalue weighted by Crippen LogP contribution is 2.20. The number of morpholine rings is 1. The number of nitrogens with zero attached hydrogens (tertiary/aromatic N) is 2. The van der Waals surface area contributed by atoms with Crippen LogP contribution in [0.3, 0.4) is 0 Å². The van der Waals surface area contributed by atoms with Crippen molar-refractivity contribution in [1.82, 2.24) is 10.2 Å². The van der Waals surface area contributed by atoms with Gasteiger partial charge in [0.2, 0.25) is 15.9 Å². The molecule has 140 valence electrons. The molecule has 1 saturated heterocycles. The van der Waals surface area contributed by atoms with Crippen LogP contribution >= 0.6 is 11.6 Å². The van der Waals surface area contributed by atoms with Gasteiger partial charge in [-0.3, -0.25) is 14.0 Å². The summed E-state index contributed by atoms with van der Waals surface area (Å²) in [5.74, 6) is -0.170. The zero-order chi connectivity index (χ0) is 18.3. The average molecular weight is 390 g/mol. The van der Waals surface area contributed by atoms with Crippen molar-refractivity contribution >= 4 is 33.2 Å².